The molecule has 5 unspecified atom stereocenters. The number of hydrogen-bond acceptors (Lipinski definition) is 19. The third-order valence-electron chi connectivity index (χ3n) is 8.05. The topological polar surface area (TPSA) is 361 Å². The number of aromatic amines is 2. The van der Waals surface area contributed by atoms with Crippen LogP contribution in [0.2, 0.25) is 0 Å². The number of nitrogens with one attached hydrogen (secondary N) is 2. The highest BCUT2D eigenvalue weighted by atomic mass is 31.3. The molecule has 11 atom stereocenters. The molecule has 6 rings (SSSR count). The van der Waals surface area contributed by atoms with E-state index in [0.717, 1.165) is 0 Å². The van der Waals surface area contributed by atoms with Gasteiger partial charge in [-0.25, -0.2) is 28.0 Å². The van der Waals surface area contributed by atoms with E-state index in [0.29, 0.717) is 0 Å². The number of aliphatic hydroxyl groups excluding tert-OH is 3. The normalized spacial score (nSPS) is 29.7. The van der Waals surface area contributed by atoms with Crippen LogP contribution in [0.25, 0.3) is 22.3 Å². The fourth-order valence-corrected chi connectivity index (χ4v) is 9.48. The number of methoxy groups -OCH3 is 1. The molecule has 0 spiro atoms. The van der Waals surface area contributed by atoms with E-state index in [1.54, 1.807) is 0 Å². The number of aliphatic hydroxyl groups is 3. The summed E-state index contributed by atoms with van der Waals surface area (Å²) >= 11 is 0. The summed E-state index contributed by atoms with van der Waals surface area (Å²) in [4.78, 5) is 61.8. The third kappa shape index (κ3) is 7.96. The Bertz CT molecular complexity index is 2300. The zero-order chi connectivity index (χ0) is 38.8. The van der Waals surface area contributed by atoms with Crippen LogP contribution in [-0.2, 0) is 52.6 Å². The quantitative estimate of drug-likeness (QED) is 0.0379. The second kappa shape index (κ2) is 14.4. The molecule has 9 N–H and O–H groups in total. The molecule has 288 valence electrons. The van der Waals surface area contributed by atoms with Gasteiger partial charge in [-0.15, -0.1) is 0 Å². The van der Waals surface area contributed by atoms with Gasteiger partial charge in [-0.1, -0.05) is 4.98 Å². The van der Waals surface area contributed by atoms with Crippen LogP contribution in [0, 0.1) is 6.92 Å². The lowest BCUT2D eigenvalue weighted by atomic mass is 10.1. The maximum atomic E-state index is 12.8. The highest BCUT2D eigenvalue weighted by Gasteiger charge is 2.50. The first-order chi connectivity index (χ1) is 24.7. The number of hydrogen-bond donors (Lipinski definition) is 8. The summed E-state index contributed by atoms with van der Waals surface area (Å²) < 4.78 is 76.5. The Kier molecular flexibility index (Phi) is 10.8. The van der Waals surface area contributed by atoms with Gasteiger partial charge in [0.1, 0.15) is 42.4 Å². The van der Waals surface area contributed by atoms with Crippen molar-refractivity contribution in [3.63, 3.8) is 0 Å². The summed E-state index contributed by atoms with van der Waals surface area (Å²) in [5.41, 5.74) is 4.46. The van der Waals surface area contributed by atoms with E-state index in [1.807, 2.05) is 0 Å². The number of imidazole rings is 2. The second-order valence-corrected chi connectivity index (χ2v) is 16.5. The van der Waals surface area contributed by atoms with E-state index < -0.39 is 96.5 Å². The molecule has 2 radical (unpaired) electrons. The molecule has 0 amide bonds. The Balaban J connectivity index is 1.06. The standard InChI is InChI=1S/C23H31BN9O17P3/c1-8-27-17-11(19(37)28-8)26-6-32(17)22-15(36)16(44-3)10(48-22)5-46-52(40,41)50-53(42,43)49-51(24,39)45-4-9-13(34)14(35)21(47-9)33-7-31(2)12-18(33)29-23(25)30-20(12)38/h6-7,9-10,13-16,21-22,34-36H,4-5H2,1-3H3,(H5-,25,27,28,29,30,37,38,40,41,42,43)/p+1/t9-,10-,13+,14?,15+,16?,21-,22-,51?/m1/s1. The van der Waals surface area contributed by atoms with Crippen LogP contribution in [0.1, 0.15) is 18.3 Å². The Hall–Kier alpha value is -3.23. The summed E-state index contributed by atoms with van der Waals surface area (Å²) in [5, 5.41) is 32.1. The van der Waals surface area contributed by atoms with Crippen LogP contribution < -0.4 is 21.4 Å². The van der Waals surface area contributed by atoms with Gasteiger partial charge in [-0.05, 0) is 6.92 Å². The van der Waals surface area contributed by atoms with Crippen molar-refractivity contribution < 1.29 is 75.2 Å². The van der Waals surface area contributed by atoms with E-state index in [-0.39, 0.29) is 34.1 Å². The fraction of sp³-hybridized carbons (Fsp3) is 0.565. The average molecular weight is 810 g/mol. The maximum absolute atomic E-state index is 12.8. The van der Waals surface area contributed by atoms with Gasteiger partial charge in [0, 0.05) is 7.11 Å². The number of nitrogens with zero attached hydrogens (tertiary/aromatic N) is 6. The summed E-state index contributed by atoms with van der Waals surface area (Å²) in [6, 6.07) is 0. The Labute approximate surface area is 296 Å². The number of anilines is 1. The number of aromatic nitrogens is 8. The highest BCUT2D eigenvalue weighted by molar-refractivity contribution is 7.84. The Morgan fingerprint density at radius 3 is 2.38 bits per heavy atom. The van der Waals surface area contributed by atoms with E-state index in [1.165, 1.54) is 47.4 Å². The predicted molar refractivity (Wildman–Crippen MR) is 173 cm³/mol. The van der Waals surface area contributed by atoms with Gasteiger partial charge >= 0.3 is 21.3 Å². The molecule has 0 bridgehead atoms. The molecule has 2 aliphatic heterocycles. The lowest BCUT2D eigenvalue weighted by molar-refractivity contribution is -0.745. The van der Waals surface area contributed by atoms with Crippen molar-refractivity contribution in [3.05, 3.63) is 39.2 Å². The molecular formula is C23H32BN9O17P3+. The SMILES string of the molecule is [B]P(=O)(OC[C@H]1O[C@@H]([n+]2cn(C)c3c(=O)[nH]c(N)nc32)C(O)[C@H]1O)OP(=O)(O)OP(=O)(O)OC[C@H]1O[C@@H](n2cnc3c(=O)[nH]c(C)nc32)[C@@H](O)C1OC. The van der Waals surface area contributed by atoms with Crippen molar-refractivity contribution in [2.75, 3.05) is 26.1 Å². The van der Waals surface area contributed by atoms with Gasteiger partial charge in [-0.2, -0.15) is 4.31 Å². The first kappa shape index (κ1) is 39.5. The molecule has 2 saturated heterocycles. The molecule has 30 heteroatoms. The largest absolute Gasteiger partial charge is 0.487 e. The molecule has 6 heterocycles. The summed E-state index contributed by atoms with van der Waals surface area (Å²) in [5.74, 6) is -0.0198. The number of phosphoric acid groups is 2. The number of ether oxygens (including phenoxy) is 3. The minimum Gasteiger partial charge on any atom is -0.387 e. The summed E-state index contributed by atoms with van der Waals surface area (Å²) in [6.45, 7) is -0.324. The monoisotopic (exact) mass is 810 g/mol. The number of nitrogens with two attached hydrogens (primary N) is 1. The number of nitrogen functional groups attached to an aromatic ring is 1. The van der Waals surface area contributed by atoms with Crippen LogP contribution in [0.4, 0.5) is 5.95 Å². The number of fused-ring (bicyclic) bond motifs is 2. The third-order valence-corrected chi connectivity index (χ3v) is 12.4. The summed E-state index contributed by atoms with van der Waals surface area (Å²) in [6.07, 6.45) is -9.16. The van der Waals surface area contributed by atoms with Crippen LogP contribution in [0.3, 0.4) is 0 Å². The van der Waals surface area contributed by atoms with Gasteiger partial charge in [-0.3, -0.25) is 32.8 Å². The number of aryl methyl sites for hydroxylation is 2. The minimum absolute atomic E-state index is 0.0290. The fourth-order valence-electron chi connectivity index (χ4n) is 5.83. The zero-order valence-electron chi connectivity index (χ0n) is 27.5. The molecule has 4 aromatic heterocycles. The summed E-state index contributed by atoms with van der Waals surface area (Å²) in [7, 11) is -8.50. The van der Waals surface area contributed by atoms with Crippen molar-refractivity contribution in [1.29, 1.82) is 0 Å². The van der Waals surface area contributed by atoms with Crippen molar-refractivity contribution in [2.45, 2.75) is 56.0 Å². The molecule has 4 aromatic rings. The zero-order valence-corrected chi connectivity index (χ0v) is 30.2. The predicted octanol–water partition coefficient (Wildman–Crippen LogP) is -2.99. The van der Waals surface area contributed by atoms with Crippen LogP contribution in [0.5, 0.6) is 0 Å². The first-order valence-corrected chi connectivity index (χ1v) is 19.6. The highest BCUT2D eigenvalue weighted by Crippen LogP contribution is 2.67. The molecular weight excluding hydrogens is 778 g/mol. The molecule has 2 aliphatic rings. The van der Waals surface area contributed by atoms with E-state index in [4.69, 9.17) is 36.6 Å². The maximum Gasteiger partial charge on any atom is 0.487 e. The van der Waals surface area contributed by atoms with Gasteiger partial charge < -0.3 is 54.6 Å². The molecule has 0 aliphatic carbocycles. The van der Waals surface area contributed by atoms with Crippen molar-refractivity contribution in [1.82, 2.24) is 34.1 Å². The minimum atomic E-state index is -5.84. The number of H-pyrrole nitrogens is 2. The van der Waals surface area contributed by atoms with E-state index in [2.05, 4.69) is 33.5 Å². The van der Waals surface area contributed by atoms with Crippen molar-refractivity contribution >= 4 is 59.0 Å². The van der Waals surface area contributed by atoms with Gasteiger partial charge in [0.25, 0.3) is 24.5 Å². The van der Waals surface area contributed by atoms with Crippen LogP contribution in [0.15, 0.2) is 22.2 Å². The van der Waals surface area contributed by atoms with Crippen LogP contribution in [-0.4, -0.2) is 124 Å². The van der Waals surface area contributed by atoms with Gasteiger partial charge in [0.2, 0.25) is 19.3 Å². The average Bonchev–Trinajstić information content (AvgIpc) is 3.76. The van der Waals surface area contributed by atoms with E-state index >= 15 is 0 Å². The lowest BCUT2D eigenvalue weighted by Gasteiger charge is -2.23. The number of rotatable bonds is 13. The first-order valence-electron chi connectivity index (χ1n) is 15.0. The molecule has 0 saturated carbocycles. The lowest BCUT2D eigenvalue weighted by Crippen LogP contribution is -2.46. The van der Waals surface area contributed by atoms with Gasteiger partial charge in [0.15, 0.2) is 23.7 Å². The van der Waals surface area contributed by atoms with Crippen molar-refractivity contribution in [2.24, 2.45) is 7.05 Å². The van der Waals surface area contributed by atoms with E-state index in [9.17, 15) is 48.4 Å². The Morgan fingerprint density at radius 1 is 0.981 bits per heavy atom. The molecule has 0 aromatic carbocycles. The smallest absolute Gasteiger partial charge is 0.387 e. The Morgan fingerprint density at radius 2 is 1.68 bits per heavy atom. The van der Waals surface area contributed by atoms with Gasteiger partial charge in [0.05, 0.1) is 26.6 Å². The van der Waals surface area contributed by atoms with Crippen LogP contribution >= 0.6 is 23.1 Å². The molecule has 53 heavy (non-hydrogen) atoms. The second-order valence-electron chi connectivity index (χ2n) is 11.8. The molecule has 2 fully saturated rings. The van der Waals surface area contributed by atoms with Crippen molar-refractivity contribution in [3.8, 4) is 0 Å². The molecule has 26 nitrogen and oxygen atoms in total. The number of phosphoric ester groups is 1.